The van der Waals surface area contributed by atoms with Crippen molar-refractivity contribution in [3.63, 3.8) is 0 Å². The molecule has 1 fully saturated rings. The summed E-state index contributed by atoms with van der Waals surface area (Å²) in [5.41, 5.74) is -0.242. The van der Waals surface area contributed by atoms with E-state index < -0.39 is 26.3 Å². The maximum absolute atomic E-state index is 13.8. The van der Waals surface area contributed by atoms with Gasteiger partial charge in [-0.2, -0.15) is 4.31 Å². The third-order valence-electron chi connectivity index (χ3n) is 3.19. The summed E-state index contributed by atoms with van der Waals surface area (Å²) in [4.78, 5) is -0.401. The molecule has 1 aliphatic heterocycles. The molecule has 0 unspecified atom stereocenters. The molecule has 0 bridgehead atoms. The van der Waals surface area contributed by atoms with E-state index in [1.54, 1.807) is 13.8 Å². The molecule has 0 saturated carbocycles. The van der Waals surface area contributed by atoms with Gasteiger partial charge in [-0.3, -0.25) is 0 Å². The third kappa shape index (κ3) is 3.01. The predicted octanol–water partition coefficient (Wildman–Crippen LogP) is 1.12. The van der Waals surface area contributed by atoms with E-state index in [1.165, 1.54) is 16.4 Å². The molecule has 0 aliphatic carbocycles. The van der Waals surface area contributed by atoms with Crippen molar-refractivity contribution in [1.29, 1.82) is 0 Å². The predicted molar refractivity (Wildman–Crippen MR) is 71.1 cm³/mol. The number of morpholine rings is 1. The standard InChI is InChI=1S/C13H18FNO4S/c1-13(2)9-15(5-6-19-13)20(17,18)12-7-10(8-16)3-4-11(12)14/h3-4,7,16H,5-6,8-9H2,1-2H3. The SMILES string of the molecule is CC1(C)CN(S(=O)(=O)c2cc(CO)ccc2F)CCO1. The van der Waals surface area contributed by atoms with Crippen LogP contribution in [0.15, 0.2) is 23.1 Å². The Morgan fingerprint density at radius 2 is 2.15 bits per heavy atom. The zero-order valence-corrected chi connectivity index (χ0v) is 12.3. The molecule has 1 heterocycles. The summed E-state index contributed by atoms with van der Waals surface area (Å²) in [6.07, 6.45) is 0. The minimum atomic E-state index is -3.93. The Hall–Kier alpha value is -1.02. The zero-order valence-electron chi connectivity index (χ0n) is 11.5. The fourth-order valence-electron chi connectivity index (χ4n) is 2.16. The van der Waals surface area contributed by atoms with Gasteiger partial charge in [-0.25, -0.2) is 12.8 Å². The van der Waals surface area contributed by atoms with Crippen molar-refractivity contribution in [3.8, 4) is 0 Å². The van der Waals surface area contributed by atoms with E-state index in [2.05, 4.69) is 0 Å². The average Bonchev–Trinajstić information content (AvgIpc) is 2.38. The number of halogens is 1. The average molecular weight is 303 g/mol. The molecule has 0 aromatic heterocycles. The van der Waals surface area contributed by atoms with Gasteiger partial charge in [0, 0.05) is 13.1 Å². The van der Waals surface area contributed by atoms with Gasteiger partial charge in [0.2, 0.25) is 10.0 Å². The summed E-state index contributed by atoms with van der Waals surface area (Å²) in [5.74, 6) is -0.813. The molecule has 0 radical (unpaired) electrons. The van der Waals surface area contributed by atoms with E-state index in [0.29, 0.717) is 5.56 Å². The Labute approximate surface area is 118 Å². The molecule has 0 amide bonds. The molecule has 1 aromatic carbocycles. The lowest BCUT2D eigenvalue weighted by Gasteiger charge is -2.37. The minimum Gasteiger partial charge on any atom is -0.392 e. The van der Waals surface area contributed by atoms with Crippen LogP contribution in [0.25, 0.3) is 0 Å². The van der Waals surface area contributed by atoms with Crippen LogP contribution < -0.4 is 0 Å². The Morgan fingerprint density at radius 1 is 1.45 bits per heavy atom. The molecule has 5 nitrogen and oxygen atoms in total. The van der Waals surface area contributed by atoms with E-state index in [9.17, 15) is 12.8 Å². The van der Waals surface area contributed by atoms with Crippen LogP contribution in [0.2, 0.25) is 0 Å². The molecule has 20 heavy (non-hydrogen) atoms. The molecule has 0 spiro atoms. The van der Waals surface area contributed by atoms with Crippen molar-refractivity contribution in [3.05, 3.63) is 29.6 Å². The summed E-state index contributed by atoms with van der Waals surface area (Å²) >= 11 is 0. The lowest BCUT2D eigenvalue weighted by molar-refractivity contribution is -0.0640. The first-order valence-corrected chi connectivity index (χ1v) is 7.74. The summed E-state index contributed by atoms with van der Waals surface area (Å²) < 4.78 is 45.5. The van der Waals surface area contributed by atoms with Crippen molar-refractivity contribution in [2.45, 2.75) is 31.0 Å². The Bertz CT molecular complexity index is 600. The van der Waals surface area contributed by atoms with E-state index in [-0.39, 0.29) is 26.3 Å². The molecule has 112 valence electrons. The van der Waals surface area contributed by atoms with Crippen LogP contribution in [0.4, 0.5) is 4.39 Å². The monoisotopic (exact) mass is 303 g/mol. The summed E-state index contributed by atoms with van der Waals surface area (Å²) in [6, 6.07) is 3.59. The third-order valence-corrected chi connectivity index (χ3v) is 5.05. The van der Waals surface area contributed by atoms with E-state index in [0.717, 1.165) is 6.07 Å². The van der Waals surface area contributed by atoms with E-state index in [4.69, 9.17) is 9.84 Å². The molecular formula is C13H18FNO4S. The summed E-state index contributed by atoms with van der Waals surface area (Å²) in [5, 5.41) is 9.06. The normalized spacial score (nSPS) is 20.0. The van der Waals surface area contributed by atoms with E-state index in [1.807, 2.05) is 0 Å². The van der Waals surface area contributed by atoms with Gasteiger partial charge in [0.25, 0.3) is 0 Å². The topological polar surface area (TPSA) is 66.8 Å². The number of sulfonamides is 1. The molecule has 1 aliphatic rings. The van der Waals surface area contributed by atoms with E-state index >= 15 is 0 Å². The highest BCUT2D eigenvalue weighted by Crippen LogP contribution is 2.25. The van der Waals surface area contributed by atoms with Gasteiger partial charge in [0.15, 0.2) is 0 Å². The number of nitrogens with zero attached hydrogens (tertiary/aromatic N) is 1. The number of ether oxygens (including phenoxy) is 1. The number of aliphatic hydroxyl groups excluding tert-OH is 1. The second kappa shape index (κ2) is 5.40. The van der Waals surface area contributed by atoms with Crippen LogP contribution in [0.3, 0.4) is 0 Å². The van der Waals surface area contributed by atoms with Crippen LogP contribution in [0, 0.1) is 5.82 Å². The second-order valence-electron chi connectivity index (χ2n) is 5.37. The van der Waals surface area contributed by atoms with Crippen molar-refractivity contribution in [1.82, 2.24) is 4.31 Å². The Kier molecular flexibility index (Phi) is 4.15. The minimum absolute atomic E-state index is 0.165. The van der Waals surface area contributed by atoms with Crippen LogP contribution in [0.5, 0.6) is 0 Å². The van der Waals surface area contributed by atoms with Gasteiger partial charge in [-0.05, 0) is 31.5 Å². The molecule has 1 N–H and O–H groups in total. The number of hydrogen-bond donors (Lipinski definition) is 1. The van der Waals surface area contributed by atoms with Gasteiger partial charge < -0.3 is 9.84 Å². The first-order valence-electron chi connectivity index (χ1n) is 6.30. The Morgan fingerprint density at radius 3 is 2.75 bits per heavy atom. The van der Waals surface area contributed by atoms with Crippen LogP contribution in [-0.2, 0) is 21.4 Å². The first kappa shape index (κ1) is 15.4. The molecule has 1 aromatic rings. The molecule has 1 saturated heterocycles. The number of hydrogen-bond acceptors (Lipinski definition) is 4. The number of benzene rings is 1. The highest BCUT2D eigenvalue weighted by atomic mass is 32.2. The van der Waals surface area contributed by atoms with Gasteiger partial charge in [-0.1, -0.05) is 6.07 Å². The smallest absolute Gasteiger partial charge is 0.246 e. The molecule has 2 rings (SSSR count). The second-order valence-corrected chi connectivity index (χ2v) is 7.28. The maximum Gasteiger partial charge on any atom is 0.246 e. The van der Waals surface area contributed by atoms with Crippen molar-refractivity contribution >= 4 is 10.0 Å². The highest BCUT2D eigenvalue weighted by Gasteiger charge is 2.36. The fraction of sp³-hybridized carbons (Fsp3) is 0.538. The van der Waals surface area contributed by atoms with Crippen molar-refractivity contribution < 1.29 is 22.7 Å². The summed E-state index contributed by atoms with van der Waals surface area (Å²) in [7, 11) is -3.93. The van der Waals surface area contributed by atoms with Crippen LogP contribution in [0.1, 0.15) is 19.4 Å². The Balaban J connectivity index is 2.40. The molecular weight excluding hydrogens is 285 g/mol. The lowest BCUT2D eigenvalue weighted by atomic mass is 10.1. The van der Waals surface area contributed by atoms with Crippen LogP contribution in [-0.4, -0.2) is 43.1 Å². The van der Waals surface area contributed by atoms with Crippen molar-refractivity contribution in [2.75, 3.05) is 19.7 Å². The maximum atomic E-state index is 13.8. The van der Waals surface area contributed by atoms with Gasteiger partial charge in [-0.15, -0.1) is 0 Å². The lowest BCUT2D eigenvalue weighted by Crippen LogP contribution is -2.50. The van der Waals surface area contributed by atoms with Gasteiger partial charge in [0.05, 0.1) is 18.8 Å². The van der Waals surface area contributed by atoms with Gasteiger partial charge in [0.1, 0.15) is 10.7 Å². The quantitative estimate of drug-likeness (QED) is 0.908. The summed E-state index contributed by atoms with van der Waals surface area (Å²) in [6.45, 7) is 3.86. The number of aliphatic hydroxyl groups is 1. The fourth-order valence-corrected chi connectivity index (χ4v) is 3.85. The van der Waals surface area contributed by atoms with Crippen molar-refractivity contribution in [2.24, 2.45) is 0 Å². The van der Waals surface area contributed by atoms with Crippen LogP contribution >= 0.6 is 0 Å². The van der Waals surface area contributed by atoms with Gasteiger partial charge >= 0.3 is 0 Å². The zero-order chi connectivity index (χ0) is 15.0. The molecule has 7 heteroatoms. The number of rotatable bonds is 3. The first-order chi connectivity index (χ1) is 9.26. The largest absolute Gasteiger partial charge is 0.392 e. The highest BCUT2D eigenvalue weighted by molar-refractivity contribution is 7.89. The molecule has 0 atom stereocenters.